The summed E-state index contributed by atoms with van der Waals surface area (Å²) in [6.45, 7) is 7.42. The van der Waals surface area contributed by atoms with Gasteiger partial charge in [0, 0.05) is 10.7 Å². The third-order valence-electron chi connectivity index (χ3n) is 5.18. The van der Waals surface area contributed by atoms with E-state index in [2.05, 4.69) is 10.4 Å². The van der Waals surface area contributed by atoms with Crippen molar-refractivity contribution >= 4 is 40.8 Å². The van der Waals surface area contributed by atoms with Gasteiger partial charge in [0.25, 0.3) is 0 Å². The van der Waals surface area contributed by atoms with Crippen molar-refractivity contribution in [2.45, 2.75) is 33.8 Å². The van der Waals surface area contributed by atoms with E-state index in [1.807, 2.05) is 0 Å². The van der Waals surface area contributed by atoms with E-state index in [0.29, 0.717) is 22.0 Å². The van der Waals surface area contributed by atoms with Crippen LogP contribution in [-0.4, -0.2) is 54.4 Å². The van der Waals surface area contributed by atoms with Gasteiger partial charge < -0.3 is 14.8 Å². The molecule has 1 atom stereocenters. The normalized spacial score (nSPS) is 17.4. The molecule has 0 aromatic heterocycles. The molecule has 0 saturated heterocycles. The van der Waals surface area contributed by atoms with Crippen LogP contribution in [0.25, 0.3) is 0 Å². The Bertz CT molecular complexity index is 1080. The second-order valence-electron chi connectivity index (χ2n) is 8.41. The van der Waals surface area contributed by atoms with Crippen LogP contribution in [0, 0.1) is 5.41 Å². The van der Waals surface area contributed by atoms with Crippen LogP contribution in [0.5, 0.6) is 0 Å². The van der Waals surface area contributed by atoms with Crippen LogP contribution in [-0.2, 0) is 19.1 Å². The number of halogens is 1. The molecule has 1 aliphatic heterocycles. The molecular weight excluding hydrogens is 458 g/mol. The van der Waals surface area contributed by atoms with E-state index in [4.69, 9.17) is 21.1 Å². The largest absolute Gasteiger partial charge is 0.465 e. The Morgan fingerprint density at radius 2 is 1.76 bits per heavy atom. The van der Waals surface area contributed by atoms with Gasteiger partial charge in [0.2, 0.25) is 5.91 Å². The van der Waals surface area contributed by atoms with Gasteiger partial charge in [-0.05, 0) is 69.7 Å². The van der Waals surface area contributed by atoms with Crippen molar-refractivity contribution in [2.24, 2.45) is 10.5 Å². The number of amides is 1. The molecule has 0 saturated carbocycles. The number of hydrogen-bond acceptors (Lipinski definition) is 7. The molecule has 1 unspecified atom stereocenters. The van der Waals surface area contributed by atoms with Crippen LogP contribution in [0.2, 0.25) is 5.02 Å². The maximum atomic E-state index is 12.8. The summed E-state index contributed by atoms with van der Waals surface area (Å²) >= 11 is 6.00. The first-order valence-corrected chi connectivity index (χ1v) is 11.4. The van der Waals surface area contributed by atoms with E-state index in [1.165, 1.54) is 0 Å². The Morgan fingerprint density at radius 1 is 1.12 bits per heavy atom. The molecular formula is C25H28ClN3O5. The van der Waals surface area contributed by atoms with E-state index >= 15 is 0 Å². The average Bonchev–Trinajstić information content (AvgIpc) is 3.11. The van der Waals surface area contributed by atoms with Crippen LogP contribution in [0.4, 0.5) is 5.69 Å². The topological polar surface area (TPSA) is 97.3 Å². The average molecular weight is 486 g/mol. The molecule has 3 rings (SSSR count). The number of hydrogen-bond donors (Lipinski definition) is 1. The number of hydrazone groups is 1. The lowest BCUT2D eigenvalue weighted by molar-refractivity contribution is -0.150. The molecule has 2 aromatic rings. The van der Waals surface area contributed by atoms with E-state index in [-0.39, 0.29) is 31.7 Å². The number of ether oxygens (including phenoxy) is 2. The lowest BCUT2D eigenvalue weighted by atomic mass is 9.82. The fraction of sp³-hybridized carbons (Fsp3) is 0.360. The molecule has 0 fully saturated rings. The molecule has 0 bridgehead atoms. The number of nitrogens with zero attached hydrogens (tertiary/aromatic N) is 2. The summed E-state index contributed by atoms with van der Waals surface area (Å²) in [5.41, 5.74) is 1.13. The number of nitrogens with one attached hydrogen (secondary N) is 1. The van der Waals surface area contributed by atoms with Gasteiger partial charge in [0.1, 0.15) is 12.0 Å². The summed E-state index contributed by atoms with van der Waals surface area (Å²) in [6, 6.07) is 13.5. The molecule has 0 aliphatic carbocycles. The molecule has 1 N–H and O–H groups in total. The van der Waals surface area contributed by atoms with Gasteiger partial charge >= 0.3 is 11.9 Å². The summed E-state index contributed by atoms with van der Waals surface area (Å²) in [4.78, 5) is 37.5. The first kappa shape index (κ1) is 25.2. The molecule has 180 valence electrons. The summed E-state index contributed by atoms with van der Waals surface area (Å²) in [5, 5.41) is 9.47. The zero-order valence-corrected chi connectivity index (χ0v) is 20.4. The number of benzene rings is 2. The van der Waals surface area contributed by atoms with Crippen molar-refractivity contribution in [3.63, 3.8) is 0 Å². The highest BCUT2D eigenvalue weighted by atomic mass is 35.5. The maximum absolute atomic E-state index is 12.8. The Balaban J connectivity index is 1.72. The van der Waals surface area contributed by atoms with Crippen LogP contribution in [0.15, 0.2) is 53.6 Å². The van der Waals surface area contributed by atoms with Gasteiger partial charge in [0.15, 0.2) is 0 Å². The van der Waals surface area contributed by atoms with E-state index in [9.17, 15) is 14.4 Å². The van der Waals surface area contributed by atoms with Crippen molar-refractivity contribution in [3.8, 4) is 0 Å². The third kappa shape index (κ3) is 5.94. The molecule has 1 amide bonds. The second-order valence-corrected chi connectivity index (χ2v) is 8.85. The SMILES string of the molecule is CCOC(=O)C1(C)CN(CC(=O)Nc2ccc(C(=O)OC(C)C)cc2)N=C1c1ccc(Cl)cc1. The van der Waals surface area contributed by atoms with Crippen molar-refractivity contribution in [1.29, 1.82) is 0 Å². The number of carbonyl (C=O) groups excluding carboxylic acids is 3. The Labute approximate surface area is 203 Å². The van der Waals surface area contributed by atoms with Crippen LogP contribution < -0.4 is 5.32 Å². The van der Waals surface area contributed by atoms with Crippen molar-refractivity contribution in [2.75, 3.05) is 25.0 Å². The first-order valence-electron chi connectivity index (χ1n) is 11.0. The lowest BCUT2D eigenvalue weighted by Crippen LogP contribution is -2.41. The Hall–Kier alpha value is -3.39. The Morgan fingerprint density at radius 3 is 2.35 bits per heavy atom. The number of carbonyl (C=O) groups is 3. The van der Waals surface area contributed by atoms with Gasteiger partial charge in [-0.3, -0.25) is 14.6 Å². The minimum absolute atomic E-state index is 0.0662. The molecule has 1 aliphatic rings. The first-order chi connectivity index (χ1) is 16.1. The summed E-state index contributed by atoms with van der Waals surface area (Å²) in [5.74, 6) is -1.15. The zero-order chi connectivity index (χ0) is 24.9. The fourth-order valence-electron chi connectivity index (χ4n) is 3.59. The minimum Gasteiger partial charge on any atom is -0.465 e. The molecule has 9 heteroatoms. The molecule has 0 spiro atoms. The highest BCUT2D eigenvalue weighted by molar-refractivity contribution is 6.30. The maximum Gasteiger partial charge on any atom is 0.338 e. The lowest BCUT2D eigenvalue weighted by Gasteiger charge is -2.24. The van der Waals surface area contributed by atoms with Crippen LogP contribution >= 0.6 is 11.6 Å². The Kier molecular flexibility index (Phi) is 7.94. The highest BCUT2D eigenvalue weighted by Gasteiger charge is 2.47. The van der Waals surface area contributed by atoms with Crippen molar-refractivity contribution < 1.29 is 23.9 Å². The molecule has 2 aromatic carbocycles. The van der Waals surface area contributed by atoms with Gasteiger partial charge in [-0.1, -0.05) is 23.7 Å². The van der Waals surface area contributed by atoms with Crippen LogP contribution in [0.1, 0.15) is 43.6 Å². The predicted molar refractivity (Wildman–Crippen MR) is 130 cm³/mol. The van der Waals surface area contributed by atoms with Gasteiger partial charge in [-0.2, -0.15) is 5.10 Å². The van der Waals surface area contributed by atoms with Crippen LogP contribution in [0.3, 0.4) is 0 Å². The monoisotopic (exact) mass is 485 g/mol. The highest BCUT2D eigenvalue weighted by Crippen LogP contribution is 2.33. The molecule has 34 heavy (non-hydrogen) atoms. The van der Waals surface area contributed by atoms with Gasteiger partial charge in [-0.25, -0.2) is 4.79 Å². The number of anilines is 1. The van der Waals surface area contributed by atoms with Gasteiger partial charge in [-0.15, -0.1) is 0 Å². The molecule has 8 nitrogen and oxygen atoms in total. The number of rotatable bonds is 8. The fourth-order valence-corrected chi connectivity index (χ4v) is 3.72. The van der Waals surface area contributed by atoms with Crippen molar-refractivity contribution in [1.82, 2.24) is 5.01 Å². The standard InChI is InChI=1S/C25H28ClN3O5/c1-5-33-24(32)25(4)15-29(28-22(25)17-6-10-19(26)11-7-17)14-21(30)27-20-12-8-18(9-13-20)23(31)34-16(2)3/h6-13,16H,5,14-15H2,1-4H3,(H,27,30). The number of esters is 2. The van der Waals surface area contributed by atoms with E-state index in [0.717, 1.165) is 5.56 Å². The molecule has 1 heterocycles. The quantitative estimate of drug-likeness (QED) is 0.564. The van der Waals surface area contributed by atoms with Crippen molar-refractivity contribution in [3.05, 3.63) is 64.7 Å². The summed E-state index contributed by atoms with van der Waals surface area (Å²) in [7, 11) is 0. The van der Waals surface area contributed by atoms with Gasteiger partial charge in [0.05, 0.1) is 30.5 Å². The van der Waals surface area contributed by atoms with E-state index in [1.54, 1.807) is 81.2 Å². The van der Waals surface area contributed by atoms with E-state index < -0.39 is 17.4 Å². The zero-order valence-electron chi connectivity index (χ0n) is 19.6. The molecule has 0 radical (unpaired) electrons. The third-order valence-corrected chi connectivity index (χ3v) is 5.43. The predicted octanol–water partition coefficient (Wildman–Crippen LogP) is 4.13. The smallest absolute Gasteiger partial charge is 0.338 e. The summed E-state index contributed by atoms with van der Waals surface area (Å²) in [6.07, 6.45) is -0.217. The minimum atomic E-state index is -1.04. The second kappa shape index (κ2) is 10.7. The summed E-state index contributed by atoms with van der Waals surface area (Å²) < 4.78 is 10.5.